The Hall–Kier alpha value is -1.25. The number of hydrogen-bond acceptors (Lipinski definition) is 5. The van der Waals surface area contributed by atoms with Crippen LogP contribution in [0.2, 0.25) is 0 Å². The molecule has 1 aromatic carbocycles. The number of sulfonamides is 1. The Morgan fingerprint density at radius 2 is 1.77 bits per heavy atom. The standard InChI is InChI=1S/C14H20N2O4S2/c1-3-20-14(17)15-8-10-16(11-9-15)22(18,19)13-6-4-12(21-2)5-7-13/h4-7H,3,8-11H2,1-2H3. The monoisotopic (exact) mass is 344 g/mol. The second-order valence-electron chi connectivity index (χ2n) is 4.77. The zero-order chi connectivity index (χ0) is 16.2. The number of benzene rings is 1. The van der Waals surface area contributed by atoms with Crippen LogP contribution >= 0.6 is 11.8 Å². The number of amides is 1. The Balaban J connectivity index is 2.04. The lowest BCUT2D eigenvalue weighted by atomic mass is 10.4. The minimum Gasteiger partial charge on any atom is -0.450 e. The molecule has 1 saturated heterocycles. The van der Waals surface area contributed by atoms with Crippen molar-refractivity contribution < 1.29 is 17.9 Å². The lowest BCUT2D eigenvalue weighted by molar-refractivity contribution is 0.0934. The predicted molar refractivity (Wildman–Crippen MR) is 85.6 cm³/mol. The van der Waals surface area contributed by atoms with Gasteiger partial charge in [0.1, 0.15) is 0 Å². The summed E-state index contributed by atoms with van der Waals surface area (Å²) in [5, 5.41) is 0. The molecule has 1 aliphatic rings. The van der Waals surface area contributed by atoms with E-state index >= 15 is 0 Å². The second-order valence-corrected chi connectivity index (χ2v) is 7.58. The van der Waals surface area contributed by atoms with Gasteiger partial charge in [-0.3, -0.25) is 0 Å². The van der Waals surface area contributed by atoms with Gasteiger partial charge < -0.3 is 9.64 Å². The highest BCUT2D eigenvalue weighted by molar-refractivity contribution is 7.98. The number of nitrogens with zero attached hydrogens (tertiary/aromatic N) is 2. The summed E-state index contributed by atoms with van der Waals surface area (Å²) in [4.78, 5) is 14.5. The molecule has 0 unspecified atom stereocenters. The quantitative estimate of drug-likeness (QED) is 0.780. The Bertz CT molecular complexity index is 608. The van der Waals surface area contributed by atoms with Gasteiger partial charge in [-0.15, -0.1) is 11.8 Å². The smallest absolute Gasteiger partial charge is 0.409 e. The Kier molecular flexibility index (Phi) is 5.71. The van der Waals surface area contributed by atoms with E-state index in [9.17, 15) is 13.2 Å². The number of thioether (sulfide) groups is 1. The minimum absolute atomic E-state index is 0.283. The van der Waals surface area contributed by atoms with E-state index in [1.54, 1.807) is 43.0 Å². The van der Waals surface area contributed by atoms with E-state index in [1.165, 1.54) is 9.21 Å². The van der Waals surface area contributed by atoms with Gasteiger partial charge in [0.15, 0.2) is 0 Å². The Morgan fingerprint density at radius 1 is 1.18 bits per heavy atom. The summed E-state index contributed by atoms with van der Waals surface area (Å²) in [5.74, 6) is 0. The summed E-state index contributed by atoms with van der Waals surface area (Å²) in [6, 6.07) is 6.84. The molecule has 8 heteroatoms. The lowest BCUT2D eigenvalue weighted by Gasteiger charge is -2.33. The van der Waals surface area contributed by atoms with Gasteiger partial charge in [0.25, 0.3) is 0 Å². The molecule has 0 spiro atoms. The second kappa shape index (κ2) is 7.34. The average Bonchev–Trinajstić information content (AvgIpc) is 2.55. The highest BCUT2D eigenvalue weighted by atomic mass is 32.2. The van der Waals surface area contributed by atoms with Gasteiger partial charge in [0.05, 0.1) is 11.5 Å². The van der Waals surface area contributed by atoms with Crippen LogP contribution in [-0.2, 0) is 14.8 Å². The molecule has 0 N–H and O–H groups in total. The molecule has 0 atom stereocenters. The summed E-state index contributed by atoms with van der Waals surface area (Å²) in [6.07, 6.45) is 1.56. The molecule has 1 heterocycles. The number of piperazine rings is 1. The van der Waals surface area contributed by atoms with Gasteiger partial charge in [-0.05, 0) is 37.4 Å². The number of rotatable bonds is 4. The summed E-state index contributed by atoms with van der Waals surface area (Å²) < 4.78 is 31.5. The molecule has 0 aliphatic carbocycles. The largest absolute Gasteiger partial charge is 0.450 e. The zero-order valence-corrected chi connectivity index (χ0v) is 14.3. The van der Waals surface area contributed by atoms with E-state index in [1.807, 2.05) is 6.26 Å². The van der Waals surface area contributed by atoms with Crippen molar-refractivity contribution in [2.24, 2.45) is 0 Å². The average molecular weight is 344 g/mol. The molecule has 0 radical (unpaired) electrons. The summed E-state index contributed by atoms with van der Waals surface area (Å²) in [5.41, 5.74) is 0. The van der Waals surface area contributed by atoms with E-state index in [2.05, 4.69) is 0 Å². The Morgan fingerprint density at radius 3 is 2.27 bits per heavy atom. The van der Waals surface area contributed by atoms with Gasteiger partial charge in [-0.2, -0.15) is 4.31 Å². The number of carbonyl (C=O) groups is 1. The molecular weight excluding hydrogens is 324 g/mol. The third-order valence-corrected chi connectivity index (χ3v) is 6.12. The topological polar surface area (TPSA) is 66.9 Å². The lowest BCUT2D eigenvalue weighted by Crippen LogP contribution is -2.50. The van der Waals surface area contributed by atoms with E-state index in [0.29, 0.717) is 19.7 Å². The molecule has 22 heavy (non-hydrogen) atoms. The van der Waals surface area contributed by atoms with Crippen LogP contribution in [0.4, 0.5) is 4.79 Å². The zero-order valence-electron chi connectivity index (χ0n) is 12.7. The molecule has 2 rings (SSSR count). The third kappa shape index (κ3) is 3.74. The van der Waals surface area contributed by atoms with Crippen LogP contribution in [0.15, 0.2) is 34.1 Å². The van der Waals surface area contributed by atoms with E-state index in [0.717, 1.165) is 4.90 Å². The molecule has 1 aromatic rings. The van der Waals surface area contributed by atoms with Crippen molar-refractivity contribution in [2.75, 3.05) is 39.0 Å². The van der Waals surface area contributed by atoms with Crippen LogP contribution in [0.1, 0.15) is 6.92 Å². The Labute approximate surface area is 135 Å². The van der Waals surface area contributed by atoms with Gasteiger partial charge >= 0.3 is 6.09 Å². The molecular formula is C14H20N2O4S2. The highest BCUT2D eigenvalue weighted by Crippen LogP contribution is 2.21. The first kappa shape index (κ1) is 17.1. The molecule has 6 nitrogen and oxygen atoms in total. The van der Waals surface area contributed by atoms with Crippen molar-refractivity contribution in [1.82, 2.24) is 9.21 Å². The predicted octanol–water partition coefficient (Wildman–Crippen LogP) is 1.87. The molecule has 1 amide bonds. The summed E-state index contributed by atoms with van der Waals surface area (Å²) in [6.45, 7) is 3.33. The normalized spacial score (nSPS) is 16.5. The molecule has 0 bridgehead atoms. The van der Waals surface area contributed by atoms with Gasteiger partial charge in [-0.25, -0.2) is 13.2 Å². The van der Waals surface area contributed by atoms with E-state index < -0.39 is 10.0 Å². The highest BCUT2D eigenvalue weighted by Gasteiger charge is 2.30. The maximum absolute atomic E-state index is 12.6. The van der Waals surface area contributed by atoms with Crippen molar-refractivity contribution in [1.29, 1.82) is 0 Å². The maximum atomic E-state index is 12.6. The maximum Gasteiger partial charge on any atom is 0.409 e. The fourth-order valence-corrected chi connectivity index (χ4v) is 4.05. The fraction of sp³-hybridized carbons (Fsp3) is 0.500. The number of hydrogen-bond donors (Lipinski definition) is 0. The molecule has 122 valence electrons. The first-order valence-corrected chi connectivity index (χ1v) is 9.71. The van der Waals surface area contributed by atoms with Crippen LogP contribution in [0.25, 0.3) is 0 Å². The van der Waals surface area contributed by atoms with Crippen molar-refractivity contribution >= 4 is 27.9 Å². The van der Waals surface area contributed by atoms with Crippen LogP contribution in [-0.4, -0.2) is 62.8 Å². The van der Waals surface area contributed by atoms with Crippen LogP contribution < -0.4 is 0 Å². The molecule has 1 fully saturated rings. The van der Waals surface area contributed by atoms with Crippen LogP contribution in [0, 0.1) is 0 Å². The van der Waals surface area contributed by atoms with Gasteiger partial charge in [0, 0.05) is 31.1 Å². The van der Waals surface area contributed by atoms with E-state index in [4.69, 9.17) is 4.74 Å². The summed E-state index contributed by atoms with van der Waals surface area (Å²) in [7, 11) is -3.50. The minimum atomic E-state index is -3.50. The van der Waals surface area contributed by atoms with Crippen molar-refractivity contribution in [2.45, 2.75) is 16.7 Å². The SMILES string of the molecule is CCOC(=O)N1CCN(S(=O)(=O)c2ccc(SC)cc2)CC1. The van der Waals surface area contributed by atoms with Gasteiger partial charge in [0.2, 0.25) is 10.0 Å². The van der Waals surface area contributed by atoms with Crippen molar-refractivity contribution in [3.63, 3.8) is 0 Å². The number of carbonyl (C=O) groups excluding carboxylic acids is 1. The van der Waals surface area contributed by atoms with Crippen LogP contribution in [0.5, 0.6) is 0 Å². The van der Waals surface area contributed by atoms with Crippen molar-refractivity contribution in [3.8, 4) is 0 Å². The van der Waals surface area contributed by atoms with Crippen LogP contribution in [0.3, 0.4) is 0 Å². The number of ether oxygens (including phenoxy) is 1. The summed E-state index contributed by atoms with van der Waals surface area (Å²) >= 11 is 1.57. The van der Waals surface area contributed by atoms with Gasteiger partial charge in [-0.1, -0.05) is 0 Å². The third-order valence-electron chi connectivity index (χ3n) is 3.46. The molecule has 0 saturated carbocycles. The van der Waals surface area contributed by atoms with Crippen molar-refractivity contribution in [3.05, 3.63) is 24.3 Å². The molecule has 0 aromatic heterocycles. The first-order chi connectivity index (χ1) is 10.5. The van der Waals surface area contributed by atoms with E-state index in [-0.39, 0.29) is 24.1 Å². The first-order valence-electron chi connectivity index (χ1n) is 7.05. The molecule has 1 aliphatic heterocycles. The fourth-order valence-electron chi connectivity index (χ4n) is 2.22.